The number of methoxy groups -OCH3 is 1. The molecular formula is C14H15NO3S. The molecule has 0 saturated heterocycles. The highest BCUT2D eigenvalue weighted by Crippen LogP contribution is 2.34. The highest BCUT2D eigenvalue weighted by molar-refractivity contribution is 8.00. The van der Waals surface area contributed by atoms with Gasteiger partial charge in [0, 0.05) is 16.0 Å². The van der Waals surface area contributed by atoms with E-state index in [1.807, 2.05) is 31.2 Å². The number of pyridine rings is 1. The predicted octanol–water partition coefficient (Wildman–Crippen LogP) is 3.12. The topological polar surface area (TPSA) is 59.4 Å². The molecular weight excluding hydrogens is 262 g/mol. The number of nitrogens with zero attached hydrogens (tertiary/aromatic N) is 1. The third-order valence-electron chi connectivity index (χ3n) is 2.76. The fourth-order valence-electron chi connectivity index (χ4n) is 1.82. The molecule has 1 heterocycles. The molecule has 5 heteroatoms. The van der Waals surface area contributed by atoms with Crippen LogP contribution < -0.4 is 4.74 Å². The van der Waals surface area contributed by atoms with E-state index in [2.05, 4.69) is 4.98 Å². The third-order valence-corrected chi connectivity index (χ3v) is 3.91. The summed E-state index contributed by atoms with van der Waals surface area (Å²) in [6, 6.07) is 7.57. The van der Waals surface area contributed by atoms with Crippen LogP contribution in [0.3, 0.4) is 0 Å². The Balaban J connectivity index is 2.57. The minimum atomic E-state index is -0.824. The molecule has 2 aromatic rings. The van der Waals surface area contributed by atoms with Gasteiger partial charge in [0.2, 0.25) is 0 Å². The lowest BCUT2D eigenvalue weighted by atomic mass is 10.2. The predicted molar refractivity (Wildman–Crippen MR) is 76.0 cm³/mol. The highest BCUT2D eigenvalue weighted by Gasteiger charge is 2.16. The van der Waals surface area contributed by atoms with Crippen molar-refractivity contribution in [3.05, 3.63) is 30.0 Å². The van der Waals surface area contributed by atoms with Crippen molar-refractivity contribution in [3.63, 3.8) is 0 Å². The summed E-state index contributed by atoms with van der Waals surface area (Å²) >= 11 is 1.32. The van der Waals surface area contributed by atoms with E-state index in [9.17, 15) is 4.79 Å². The zero-order valence-corrected chi connectivity index (χ0v) is 11.8. The van der Waals surface area contributed by atoms with E-state index < -0.39 is 11.2 Å². The number of aromatic nitrogens is 1. The third kappa shape index (κ3) is 2.81. The molecule has 0 amide bonds. The standard InChI is InChI=1S/C14H15NO3S/c1-8-7-12(19-9(2)14(16)17)10-5-4-6-11(18-3)13(10)15-8/h4-7,9H,1-3H3,(H,16,17)/t9-/m1/s1. The summed E-state index contributed by atoms with van der Waals surface area (Å²) < 4.78 is 5.30. The maximum absolute atomic E-state index is 11.0. The molecule has 0 spiro atoms. The van der Waals surface area contributed by atoms with Crippen molar-refractivity contribution in [3.8, 4) is 5.75 Å². The van der Waals surface area contributed by atoms with E-state index in [1.165, 1.54) is 11.8 Å². The molecule has 0 saturated carbocycles. The maximum Gasteiger partial charge on any atom is 0.316 e. The molecule has 0 radical (unpaired) electrons. The normalized spacial score (nSPS) is 12.4. The first-order valence-corrected chi connectivity index (χ1v) is 6.74. The number of aryl methyl sites for hydroxylation is 1. The second kappa shape index (κ2) is 5.48. The fraction of sp³-hybridized carbons (Fsp3) is 0.286. The number of rotatable bonds is 4. The molecule has 0 unspecified atom stereocenters. The van der Waals surface area contributed by atoms with Crippen LogP contribution in [0.5, 0.6) is 5.75 Å². The second-order valence-electron chi connectivity index (χ2n) is 4.22. The van der Waals surface area contributed by atoms with Crippen LogP contribution in [0.25, 0.3) is 10.9 Å². The minimum absolute atomic E-state index is 0.504. The molecule has 2 rings (SSSR count). The Kier molecular flexibility index (Phi) is 3.95. The lowest BCUT2D eigenvalue weighted by molar-refractivity contribution is -0.136. The van der Waals surface area contributed by atoms with Gasteiger partial charge in [0.25, 0.3) is 0 Å². The number of benzene rings is 1. The lowest BCUT2D eigenvalue weighted by Gasteiger charge is -2.12. The van der Waals surface area contributed by atoms with E-state index >= 15 is 0 Å². The maximum atomic E-state index is 11.0. The van der Waals surface area contributed by atoms with Gasteiger partial charge in [-0.25, -0.2) is 4.98 Å². The lowest BCUT2D eigenvalue weighted by Crippen LogP contribution is -2.11. The number of hydrogen-bond acceptors (Lipinski definition) is 4. The largest absolute Gasteiger partial charge is 0.494 e. The van der Waals surface area contributed by atoms with Crippen LogP contribution >= 0.6 is 11.8 Å². The van der Waals surface area contributed by atoms with Gasteiger partial charge in [0.1, 0.15) is 16.5 Å². The van der Waals surface area contributed by atoms with Crippen LogP contribution in [0.2, 0.25) is 0 Å². The summed E-state index contributed by atoms with van der Waals surface area (Å²) in [4.78, 5) is 16.4. The van der Waals surface area contributed by atoms with Gasteiger partial charge < -0.3 is 9.84 Å². The zero-order valence-electron chi connectivity index (χ0n) is 11.0. The van der Waals surface area contributed by atoms with Crippen molar-refractivity contribution in [2.45, 2.75) is 24.0 Å². The summed E-state index contributed by atoms with van der Waals surface area (Å²) in [5.74, 6) is -0.124. The summed E-state index contributed by atoms with van der Waals surface area (Å²) in [6.45, 7) is 3.57. The van der Waals surface area contributed by atoms with Crippen LogP contribution in [0.15, 0.2) is 29.2 Å². The van der Waals surface area contributed by atoms with Crippen molar-refractivity contribution < 1.29 is 14.6 Å². The minimum Gasteiger partial charge on any atom is -0.494 e. The Labute approximate surface area is 115 Å². The number of hydrogen-bond donors (Lipinski definition) is 1. The molecule has 0 aliphatic rings. The fourth-order valence-corrected chi connectivity index (χ4v) is 2.83. The van der Waals surface area contributed by atoms with E-state index in [-0.39, 0.29) is 0 Å². The number of thioether (sulfide) groups is 1. The number of para-hydroxylation sites is 1. The van der Waals surface area contributed by atoms with Crippen molar-refractivity contribution in [2.24, 2.45) is 0 Å². The van der Waals surface area contributed by atoms with Gasteiger partial charge in [0.15, 0.2) is 0 Å². The van der Waals surface area contributed by atoms with Crippen LogP contribution in [0.4, 0.5) is 0 Å². The van der Waals surface area contributed by atoms with Crippen LogP contribution in [0, 0.1) is 6.92 Å². The molecule has 1 aromatic heterocycles. The molecule has 0 bridgehead atoms. The summed E-state index contributed by atoms with van der Waals surface area (Å²) in [5, 5.41) is 9.44. The van der Waals surface area contributed by atoms with E-state index in [1.54, 1.807) is 14.0 Å². The summed E-state index contributed by atoms with van der Waals surface area (Å²) in [7, 11) is 1.60. The van der Waals surface area contributed by atoms with Crippen molar-refractivity contribution in [1.29, 1.82) is 0 Å². The average Bonchev–Trinajstić information content (AvgIpc) is 2.37. The van der Waals surface area contributed by atoms with Crippen molar-refractivity contribution >= 4 is 28.6 Å². The molecule has 1 aromatic carbocycles. The first kappa shape index (κ1) is 13.7. The monoisotopic (exact) mass is 277 g/mol. The van der Waals surface area contributed by atoms with Gasteiger partial charge in [-0.05, 0) is 26.0 Å². The van der Waals surface area contributed by atoms with Gasteiger partial charge >= 0.3 is 5.97 Å². The van der Waals surface area contributed by atoms with E-state index in [0.29, 0.717) is 5.75 Å². The second-order valence-corrected chi connectivity index (χ2v) is 5.60. The van der Waals surface area contributed by atoms with Gasteiger partial charge in [0.05, 0.1) is 7.11 Å². The highest BCUT2D eigenvalue weighted by atomic mass is 32.2. The molecule has 1 N–H and O–H groups in total. The summed E-state index contributed by atoms with van der Waals surface area (Å²) in [6.07, 6.45) is 0. The quantitative estimate of drug-likeness (QED) is 0.870. The molecule has 0 aliphatic carbocycles. The number of aliphatic carboxylic acids is 1. The van der Waals surface area contributed by atoms with E-state index in [4.69, 9.17) is 9.84 Å². The molecule has 19 heavy (non-hydrogen) atoms. The number of ether oxygens (including phenoxy) is 1. The van der Waals surface area contributed by atoms with Gasteiger partial charge in [-0.3, -0.25) is 4.79 Å². The summed E-state index contributed by atoms with van der Waals surface area (Å²) in [5.41, 5.74) is 1.61. The molecule has 4 nitrogen and oxygen atoms in total. The Morgan fingerprint density at radius 2 is 2.21 bits per heavy atom. The Hall–Kier alpha value is -1.75. The molecule has 1 atom stereocenters. The molecule has 0 aliphatic heterocycles. The van der Waals surface area contributed by atoms with Crippen LogP contribution in [-0.4, -0.2) is 28.4 Å². The van der Waals surface area contributed by atoms with Gasteiger partial charge in [-0.2, -0.15) is 0 Å². The van der Waals surface area contributed by atoms with Gasteiger partial charge in [-0.1, -0.05) is 12.1 Å². The van der Waals surface area contributed by atoms with Crippen molar-refractivity contribution in [1.82, 2.24) is 4.98 Å². The molecule has 0 fully saturated rings. The smallest absolute Gasteiger partial charge is 0.316 e. The number of carboxylic acids is 1. The van der Waals surface area contributed by atoms with Crippen LogP contribution in [-0.2, 0) is 4.79 Å². The Morgan fingerprint density at radius 3 is 2.84 bits per heavy atom. The number of fused-ring (bicyclic) bond motifs is 1. The van der Waals surface area contributed by atoms with Crippen LogP contribution in [0.1, 0.15) is 12.6 Å². The van der Waals surface area contributed by atoms with Crippen molar-refractivity contribution in [2.75, 3.05) is 7.11 Å². The number of carbonyl (C=O) groups is 1. The zero-order chi connectivity index (χ0) is 14.0. The van der Waals surface area contributed by atoms with Gasteiger partial charge in [-0.15, -0.1) is 11.8 Å². The van der Waals surface area contributed by atoms with E-state index in [0.717, 1.165) is 21.5 Å². The average molecular weight is 277 g/mol. The molecule has 100 valence electrons. The Morgan fingerprint density at radius 1 is 1.47 bits per heavy atom. The first-order chi connectivity index (χ1) is 9.02. The first-order valence-electron chi connectivity index (χ1n) is 5.86. The Bertz CT molecular complexity index is 627. The SMILES string of the molecule is COc1cccc2c(S[C@H](C)C(=O)O)cc(C)nc12. The number of carboxylic acid groups (broad SMARTS) is 1.